The first-order valence-corrected chi connectivity index (χ1v) is 5.96. The molecular formula is C13H18N2O4. The molecule has 0 atom stereocenters. The van der Waals surface area contributed by atoms with Gasteiger partial charge in [-0.15, -0.1) is 0 Å². The van der Waals surface area contributed by atoms with Crippen molar-refractivity contribution in [1.29, 1.82) is 0 Å². The topological polar surface area (TPSA) is 82.8 Å². The van der Waals surface area contributed by atoms with Crippen LogP contribution in [0, 0.1) is 5.41 Å². The zero-order chi connectivity index (χ0) is 13.9. The van der Waals surface area contributed by atoms with Gasteiger partial charge in [-0.1, -0.05) is 0 Å². The third kappa shape index (κ3) is 2.50. The van der Waals surface area contributed by atoms with Crippen molar-refractivity contribution in [1.82, 2.24) is 0 Å². The normalized spacial score (nSPS) is 16.4. The van der Waals surface area contributed by atoms with Crippen molar-refractivity contribution in [2.24, 2.45) is 11.1 Å². The summed E-state index contributed by atoms with van der Waals surface area (Å²) < 4.78 is 15.4. The molecule has 0 radical (unpaired) electrons. The number of benzene rings is 1. The van der Waals surface area contributed by atoms with E-state index in [9.17, 15) is 4.79 Å². The van der Waals surface area contributed by atoms with Gasteiger partial charge in [0.2, 0.25) is 5.91 Å². The number of carbonyl (C=O) groups is 1. The van der Waals surface area contributed by atoms with Crippen molar-refractivity contribution < 1.29 is 19.0 Å². The average molecular weight is 266 g/mol. The van der Waals surface area contributed by atoms with Gasteiger partial charge in [-0.25, -0.2) is 0 Å². The second kappa shape index (κ2) is 5.46. The number of carbonyl (C=O) groups excluding carboxylic acids is 1. The first-order valence-electron chi connectivity index (χ1n) is 5.96. The lowest BCUT2D eigenvalue weighted by Gasteiger charge is -2.38. The van der Waals surface area contributed by atoms with E-state index in [0.29, 0.717) is 30.4 Å². The first-order chi connectivity index (χ1) is 9.15. The SMILES string of the molecule is COc1ccc(OC)c(NC(=O)C2(CN)COC2)c1. The number of ether oxygens (including phenoxy) is 3. The van der Waals surface area contributed by atoms with Crippen LogP contribution in [0.1, 0.15) is 0 Å². The molecule has 1 heterocycles. The predicted molar refractivity (Wildman–Crippen MR) is 70.5 cm³/mol. The molecule has 1 saturated heterocycles. The average Bonchev–Trinajstić information content (AvgIpc) is 2.38. The third-order valence-electron chi connectivity index (χ3n) is 3.28. The van der Waals surface area contributed by atoms with Gasteiger partial charge in [0.1, 0.15) is 16.9 Å². The zero-order valence-corrected chi connectivity index (χ0v) is 11.1. The van der Waals surface area contributed by atoms with Gasteiger partial charge in [0.15, 0.2) is 0 Å². The number of nitrogens with two attached hydrogens (primary N) is 1. The van der Waals surface area contributed by atoms with Crippen molar-refractivity contribution in [3.8, 4) is 11.5 Å². The maximum atomic E-state index is 12.2. The van der Waals surface area contributed by atoms with E-state index in [4.69, 9.17) is 19.9 Å². The van der Waals surface area contributed by atoms with Crippen molar-refractivity contribution in [2.45, 2.75) is 0 Å². The molecule has 1 aliphatic heterocycles. The van der Waals surface area contributed by atoms with Gasteiger partial charge in [-0.3, -0.25) is 4.79 Å². The lowest BCUT2D eigenvalue weighted by molar-refractivity contribution is -0.153. The molecule has 0 aliphatic carbocycles. The third-order valence-corrected chi connectivity index (χ3v) is 3.28. The Morgan fingerprint density at radius 2 is 2.16 bits per heavy atom. The van der Waals surface area contributed by atoms with Gasteiger partial charge in [-0.2, -0.15) is 0 Å². The molecule has 0 unspecified atom stereocenters. The van der Waals surface area contributed by atoms with Crippen LogP contribution in [-0.4, -0.2) is 39.9 Å². The maximum absolute atomic E-state index is 12.2. The summed E-state index contributed by atoms with van der Waals surface area (Å²) in [6.45, 7) is 0.953. The Kier molecular flexibility index (Phi) is 3.92. The van der Waals surface area contributed by atoms with Gasteiger partial charge < -0.3 is 25.3 Å². The Morgan fingerprint density at radius 3 is 2.63 bits per heavy atom. The molecule has 0 aromatic heterocycles. The first kappa shape index (κ1) is 13.6. The Balaban J connectivity index is 2.19. The van der Waals surface area contributed by atoms with Crippen LogP contribution in [0.3, 0.4) is 0 Å². The van der Waals surface area contributed by atoms with Gasteiger partial charge in [-0.05, 0) is 12.1 Å². The molecular weight excluding hydrogens is 248 g/mol. The Hall–Kier alpha value is -1.79. The monoisotopic (exact) mass is 266 g/mol. The van der Waals surface area contributed by atoms with Gasteiger partial charge >= 0.3 is 0 Å². The van der Waals surface area contributed by atoms with Crippen molar-refractivity contribution in [2.75, 3.05) is 39.3 Å². The molecule has 0 spiro atoms. The summed E-state index contributed by atoms with van der Waals surface area (Å²) in [6.07, 6.45) is 0. The number of rotatable bonds is 5. The fourth-order valence-electron chi connectivity index (χ4n) is 1.86. The number of anilines is 1. The van der Waals surface area contributed by atoms with Crippen LogP contribution in [0.25, 0.3) is 0 Å². The highest BCUT2D eigenvalue weighted by Gasteiger charge is 2.44. The number of hydrogen-bond donors (Lipinski definition) is 2. The van der Waals surface area contributed by atoms with Crippen molar-refractivity contribution in [3.05, 3.63) is 18.2 Å². The molecule has 6 nitrogen and oxygen atoms in total. The fraction of sp³-hybridized carbons (Fsp3) is 0.462. The zero-order valence-electron chi connectivity index (χ0n) is 11.1. The van der Waals surface area contributed by atoms with Gasteiger partial charge in [0.05, 0.1) is 33.1 Å². The lowest BCUT2D eigenvalue weighted by atomic mass is 9.85. The van der Waals surface area contributed by atoms with E-state index >= 15 is 0 Å². The highest BCUT2D eigenvalue weighted by Crippen LogP contribution is 2.32. The number of nitrogens with one attached hydrogen (secondary N) is 1. The van der Waals surface area contributed by atoms with Crippen molar-refractivity contribution >= 4 is 11.6 Å². The molecule has 104 valence electrons. The van der Waals surface area contributed by atoms with Crippen LogP contribution >= 0.6 is 0 Å². The summed E-state index contributed by atoms with van der Waals surface area (Å²) in [7, 11) is 3.11. The van der Waals surface area contributed by atoms with E-state index in [1.165, 1.54) is 0 Å². The van der Waals surface area contributed by atoms with E-state index in [1.807, 2.05) is 0 Å². The summed E-state index contributed by atoms with van der Waals surface area (Å²) in [5, 5.41) is 2.83. The summed E-state index contributed by atoms with van der Waals surface area (Å²) in [5.74, 6) is 1.05. The number of hydrogen-bond acceptors (Lipinski definition) is 5. The molecule has 1 aromatic carbocycles. The number of methoxy groups -OCH3 is 2. The highest BCUT2D eigenvalue weighted by atomic mass is 16.5. The second-order valence-corrected chi connectivity index (χ2v) is 4.50. The maximum Gasteiger partial charge on any atom is 0.236 e. The minimum Gasteiger partial charge on any atom is -0.497 e. The lowest BCUT2D eigenvalue weighted by Crippen LogP contribution is -2.56. The summed E-state index contributed by atoms with van der Waals surface area (Å²) in [6, 6.07) is 5.21. The van der Waals surface area contributed by atoms with Gasteiger partial charge in [0.25, 0.3) is 0 Å². The molecule has 1 aliphatic rings. The summed E-state index contributed by atoms with van der Waals surface area (Å²) >= 11 is 0. The molecule has 2 rings (SSSR count). The van der Waals surface area contributed by atoms with Gasteiger partial charge in [0, 0.05) is 12.6 Å². The Bertz CT molecular complexity index is 466. The quantitative estimate of drug-likeness (QED) is 0.816. The Labute approximate surface area is 111 Å². The standard InChI is InChI=1S/C13H18N2O4/c1-17-9-3-4-11(18-2)10(5-9)15-12(16)13(6-14)7-19-8-13/h3-5H,6-8,14H2,1-2H3,(H,15,16). The molecule has 19 heavy (non-hydrogen) atoms. The molecule has 0 saturated carbocycles. The highest BCUT2D eigenvalue weighted by molar-refractivity contribution is 5.97. The minimum atomic E-state index is -0.631. The van der Waals surface area contributed by atoms with Crippen LogP contribution in [0.15, 0.2) is 18.2 Å². The number of amides is 1. The van der Waals surface area contributed by atoms with Crippen LogP contribution in [0.5, 0.6) is 11.5 Å². The summed E-state index contributed by atoms with van der Waals surface area (Å²) in [4.78, 5) is 12.2. The minimum absolute atomic E-state index is 0.159. The van der Waals surface area contributed by atoms with E-state index in [-0.39, 0.29) is 12.5 Å². The fourth-order valence-corrected chi connectivity index (χ4v) is 1.86. The molecule has 6 heteroatoms. The molecule has 1 aromatic rings. The van der Waals surface area contributed by atoms with Crippen LogP contribution in [0.4, 0.5) is 5.69 Å². The van der Waals surface area contributed by atoms with Crippen LogP contribution in [-0.2, 0) is 9.53 Å². The molecule has 1 amide bonds. The summed E-state index contributed by atoms with van der Waals surface area (Å²) in [5.41, 5.74) is 5.58. The van der Waals surface area contributed by atoms with Crippen molar-refractivity contribution in [3.63, 3.8) is 0 Å². The van der Waals surface area contributed by atoms with E-state index in [1.54, 1.807) is 32.4 Å². The largest absolute Gasteiger partial charge is 0.497 e. The smallest absolute Gasteiger partial charge is 0.236 e. The van der Waals surface area contributed by atoms with E-state index in [2.05, 4.69) is 5.32 Å². The van der Waals surface area contributed by atoms with E-state index < -0.39 is 5.41 Å². The van der Waals surface area contributed by atoms with Crippen LogP contribution < -0.4 is 20.5 Å². The molecule has 0 bridgehead atoms. The molecule has 1 fully saturated rings. The van der Waals surface area contributed by atoms with Crippen LogP contribution in [0.2, 0.25) is 0 Å². The van der Waals surface area contributed by atoms with E-state index in [0.717, 1.165) is 0 Å². The Morgan fingerprint density at radius 1 is 1.42 bits per heavy atom. The predicted octanol–water partition coefficient (Wildman–Crippen LogP) is 0.618. The molecule has 3 N–H and O–H groups in total. The second-order valence-electron chi connectivity index (χ2n) is 4.50.